The van der Waals surface area contributed by atoms with Gasteiger partial charge in [0, 0.05) is 17.8 Å². The summed E-state index contributed by atoms with van der Waals surface area (Å²) in [6, 6.07) is 9.03. The number of hydrogen-bond acceptors (Lipinski definition) is 4. The Labute approximate surface area is 159 Å². The van der Waals surface area contributed by atoms with Crippen LogP contribution in [0.4, 0.5) is 0 Å². The first-order chi connectivity index (χ1) is 12.1. The first-order valence-corrected chi connectivity index (χ1v) is 10.00. The number of benzene rings is 1. The van der Waals surface area contributed by atoms with Gasteiger partial charge in [-0.25, -0.2) is 12.4 Å². The third kappa shape index (κ3) is 3.13. The van der Waals surface area contributed by atoms with Gasteiger partial charge < -0.3 is 5.32 Å². The quantitative estimate of drug-likeness (QED) is 0.742. The minimum absolute atomic E-state index is 0. The molecule has 0 radical (unpaired) electrons. The van der Waals surface area contributed by atoms with Gasteiger partial charge in [0.05, 0.1) is 16.6 Å². The third-order valence-electron chi connectivity index (χ3n) is 5.01. The average Bonchev–Trinajstić information content (AvgIpc) is 3.03. The van der Waals surface area contributed by atoms with E-state index in [-0.39, 0.29) is 12.4 Å². The highest BCUT2D eigenvalue weighted by molar-refractivity contribution is 7.90. The number of aryl methyl sites for hydroxylation is 1. The number of piperidine rings is 1. The van der Waals surface area contributed by atoms with Crippen molar-refractivity contribution in [3.63, 3.8) is 0 Å². The van der Waals surface area contributed by atoms with Crippen LogP contribution in [0.25, 0.3) is 10.9 Å². The molecule has 5 nitrogen and oxygen atoms in total. The lowest BCUT2D eigenvalue weighted by molar-refractivity contribution is 0.462. The van der Waals surface area contributed by atoms with Gasteiger partial charge in [-0.1, -0.05) is 18.2 Å². The van der Waals surface area contributed by atoms with Gasteiger partial charge in [0.2, 0.25) is 0 Å². The van der Waals surface area contributed by atoms with Crippen molar-refractivity contribution in [3.8, 4) is 0 Å². The molecule has 0 aliphatic carbocycles. The highest BCUT2D eigenvalue weighted by Crippen LogP contribution is 2.34. The fourth-order valence-corrected chi connectivity index (χ4v) is 5.27. The molecule has 0 atom stereocenters. The van der Waals surface area contributed by atoms with Crippen molar-refractivity contribution < 1.29 is 8.42 Å². The largest absolute Gasteiger partial charge is 0.317 e. The lowest BCUT2D eigenvalue weighted by atomic mass is 9.90. The standard InChI is InChI=1S/C19H21N3O2S.ClH/c1-14-4-2-3-5-19(14)25(23,24)22-13-17(15-6-9-20-10-7-15)16-8-11-21-12-18(16)22;/h2-5,8,11-13,15,20H,6-7,9-10H2,1H3;1H. The SMILES string of the molecule is Cc1ccccc1S(=O)(=O)n1cc(C2CCNCC2)c2ccncc21.Cl. The van der Waals surface area contributed by atoms with E-state index < -0.39 is 10.0 Å². The molecule has 4 rings (SSSR count). The molecule has 0 unspecified atom stereocenters. The number of hydrogen-bond donors (Lipinski definition) is 1. The van der Waals surface area contributed by atoms with Gasteiger partial charge in [-0.15, -0.1) is 12.4 Å². The maximum absolute atomic E-state index is 13.3. The second kappa shape index (κ2) is 7.39. The van der Waals surface area contributed by atoms with Gasteiger partial charge in [0.1, 0.15) is 0 Å². The number of nitrogens with zero attached hydrogens (tertiary/aromatic N) is 2. The van der Waals surface area contributed by atoms with Gasteiger partial charge in [0.25, 0.3) is 10.0 Å². The van der Waals surface area contributed by atoms with Crippen molar-refractivity contribution in [3.05, 3.63) is 60.0 Å². The minimum Gasteiger partial charge on any atom is -0.317 e. The zero-order chi connectivity index (χ0) is 17.4. The van der Waals surface area contributed by atoms with Crippen LogP contribution >= 0.6 is 12.4 Å². The van der Waals surface area contributed by atoms with Crippen LogP contribution in [0.2, 0.25) is 0 Å². The van der Waals surface area contributed by atoms with E-state index in [1.54, 1.807) is 24.5 Å². The van der Waals surface area contributed by atoms with Crippen LogP contribution in [0.3, 0.4) is 0 Å². The molecule has 3 aromatic rings. The summed E-state index contributed by atoms with van der Waals surface area (Å²) in [5.41, 5.74) is 2.51. The van der Waals surface area contributed by atoms with E-state index in [1.165, 1.54) is 3.97 Å². The normalized spacial score (nSPS) is 15.7. The number of pyridine rings is 1. The first-order valence-electron chi connectivity index (χ1n) is 8.56. The van der Waals surface area contributed by atoms with Crippen LogP contribution in [0.1, 0.15) is 29.9 Å². The van der Waals surface area contributed by atoms with Crippen molar-refractivity contribution >= 4 is 33.3 Å². The zero-order valence-electron chi connectivity index (χ0n) is 14.6. The summed E-state index contributed by atoms with van der Waals surface area (Å²) >= 11 is 0. The van der Waals surface area contributed by atoms with Crippen LogP contribution in [0, 0.1) is 6.92 Å². The minimum atomic E-state index is -3.65. The van der Waals surface area contributed by atoms with E-state index >= 15 is 0 Å². The smallest absolute Gasteiger partial charge is 0.268 e. The van der Waals surface area contributed by atoms with E-state index in [2.05, 4.69) is 10.3 Å². The third-order valence-corrected chi connectivity index (χ3v) is 6.85. The molecular formula is C19H22ClN3O2S. The molecule has 1 aromatic carbocycles. The molecule has 26 heavy (non-hydrogen) atoms. The van der Waals surface area contributed by atoms with Gasteiger partial charge in [-0.3, -0.25) is 4.98 Å². The molecule has 2 aromatic heterocycles. The fraction of sp³-hybridized carbons (Fsp3) is 0.316. The molecule has 7 heteroatoms. The Morgan fingerprint density at radius 3 is 2.62 bits per heavy atom. The molecule has 1 aliphatic rings. The summed E-state index contributed by atoms with van der Waals surface area (Å²) < 4.78 is 28.0. The molecule has 1 N–H and O–H groups in total. The van der Waals surface area contributed by atoms with Crippen molar-refractivity contribution in [1.82, 2.24) is 14.3 Å². The fourth-order valence-electron chi connectivity index (χ4n) is 3.68. The first kappa shape index (κ1) is 18.9. The van der Waals surface area contributed by atoms with Crippen LogP contribution in [-0.4, -0.2) is 30.5 Å². The lowest BCUT2D eigenvalue weighted by Crippen LogP contribution is -2.26. The Kier molecular flexibility index (Phi) is 5.37. The Morgan fingerprint density at radius 1 is 1.15 bits per heavy atom. The monoisotopic (exact) mass is 391 g/mol. The average molecular weight is 392 g/mol. The van der Waals surface area contributed by atoms with E-state index in [9.17, 15) is 8.42 Å². The summed E-state index contributed by atoms with van der Waals surface area (Å²) in [7, 11) is -3.65. The van der Waals surface area contributed by atoms with Crippen LogP contribution < -0.4 is 5.32 Å². The van der Waals surface area contributed by atoms with Crippen molar-refractivity contribution in [1.29, 1.82) is 0 Å². The van der Waals surface area contributed by atoms with Gasteiger partial charge in [0.15, 0.2) is 0 Å². The summed E-state index contributed by atoms with van der Waals surface area (Å²) in [5, 5.41) is 4.35. The molecule has 0 bridgehead atoms. The molecule has 1 fully saturated rings. The topological polar surface area (TPSA) is 64.0 Å². The molecule has 1 saturated heterocycles. The Morgan fingerprint density at radius 2 is 1.88 bits per heavy atom. The number of rotatable bonds is 3. The molecule has 3 heterocycles. The van der Waals surface area contributed by atoms with Gasteiger partial charge >= 0.3 is 0 Å². The molecule has 0 amide bonds. The summed E-state index contributed by atoms with van der Waals surface area (Å²) in [6.45, 7) is 3.75. The maximum atomic E-state index is 13.3. The van der Waals surface area contributed by atoms with E-state index in [0.717, 1.165) is 42.4 Å². The van der Waals surface area contributed by atoms with Crippen LogP contribution in [0.5, 0.6) is 0 Å². The van der Waals surface area contributed by atoms with Crippen LogP contribution in [-0.2, 0) is 10.0 Å². The Bertz CT molecular complexity index is 1020. The summed E-state index contributed by atoms with van der Waals surface area (Å²) in [5.74, 6) is 0.375. The van der Waals surface area contributed by atoms with Gasteiger partial charge in [-0.05, 0) is 62.0 Å². The Hall–Kier alpha value is -1.89. The summed E-state index contributed by atoms with van der Waals surface area (Å²) in [6.07, 6.45) is 7.23. The predicted molar refractivity (Wildman–Crippen MR) is 106 cm³/mol. The molecular weight excluding hydrogens is 370 g/mol. The van der Waals surface area contributed by atoms with Crippen molar-refractivity contribution in [2.24, 2.45) is 0 Å². The molecule has 0 spiro atoms. The highest BCUT2D eigenvalue weighted by Gasteiger charge is 2.26. The summed E-state index contributed by atoms with van der Waals surface area (Å²) in [4.78, 5) is 4.50. The second-order valence-corrected chi connectivity index (χ2v) is 8.35. The number of fused-ring (bicyclic) bond motifs is 1. The van der Waals surface area contributed by atoms with Crippen molar-refractivity contribution in [2.45, 2.75) is 30.6 Å². The molecule has 138 valence electrons. The predicted octanol–water partition coefficient (Wildman–Crippen LogP) is 3.47. The maximum Gasteiger partial charge on any atom is 0.268 e. The van der Waals surface area contributed by atoms with Gasteiger partial charge in [-0.2, -0.15) is 0 Å². The van der Waals surface area contributed by atoms with E-state index in [0.29, 0.717) is 16.3 Å². The highest BCUT2D eigenvalue weighted by atomic mass is 35.5. The van der Waals surface area contributed by atoms with E-state index in [1.807, 2.05) is 31.3 Å². The number of aromatic nitrogens is 2. The number of halogens is 1. The molecule has 1 aliphatic heterocycles. The Balaban J connectivity index is 0.00000196. The van der Waals surface area contributed by atoms with Crippen LogP contribution in [0.15, 0.2) is 53.8 Å². The second-order valence-electron chi connectivity index (χ2n) is 6.57. The zero-order valence-corrected chi connectivity index (χ0v) is 16.2. The van der Waals surface area contributed by atoms with E-state index in [4.69, 9.17) is 0 Å². The molecule has 0 saturated carbocycles. The lowest BCUT2D eigenvalue weighted by Gasteiger charge is -2.22. The number of nitrogens with one attached hydrogen (secondary N) is 1. The van der Waals surface area contributed by atoms with Crippen molar-refractivity contribution in [2.75, 3.05) is 13.1 Å².